The van der Waals surface area contributed by atoms with E-state index in [1.54, 1.807) is 30.3 Å². The minimum Gasteiger partial charge on any atom is -0.398 e. The number of nitrogens with two attached hydrogens (primary N) is 1. The van der Waals surface area contributed by atoms with Crippen LogP contribution in [0.2, 0.25) is 10.0 Å². The zero-order chi connectivity index (χ0) is 14.0. The highest BCUT2D eigenvalue weighted by Gasteiger charge is 2.13. The number of amides is 1. The van der Waals surface area contributed by atoms with E-state index in [9.17, 15) is 4.79 Å². The van der Waals surface area contributed by atoms with E-state index in [0.717, 1.165) is 5.56 Å². The second kappa shape index (κ2) is 5.51. The zero-order valence-corrected chi connectivity index (χ0v) is 11.7. The molecule has 3 nitrogen and oxygen atoms in total. The molecule has 0 aliphatic rings. The Bertz CT molecular complexity index is 641. The molecule has 0 fully saturated rings. The first-order chi connectivity index (χ1) is 8.99. The van der Waals surface area contributed by atoms with Crippen LogP contribution in [0.4, 0.5) is 11.4 Å². The van der Waals surface area contributed by atoms with Gasteiger partial charge in [-0.1, -0.05) is 35.3 Å². The number of benzene rings is 2. The molecule has 19 heavy (non-hydrogen) atoms. The van der Waals surface area contributed by atoms with Crippen molar-refractivity contribution in [3.05, 3.63) is 57.6 Å². The Balaban J connectivity index is 2.31. The van der Waals surface area contributed by atoms with E-state index >= 15 is 0 Å². The molecule has 0 bridgehead atoms. The number of carbonyl (C=O) groups excluding carboxylic acids is 1. The van der Waals surface area contributed by atoms with Crippen molar-refractivity contribution >= 4 is 40.5 Å². The van der Waals surface area contributed by atoms with Crippen LogP contribution in [0.5, 0.6) is 0 Å². The maximum atomic E-state index is 12.1. The van der Waals surface area contributed by atoms with Gasteiger partial charge in [0.25, 0.3) is 5.91 Å². The van der Waals surface area contributed by atoms with Gasteiger partial charge in [-0.2, -0.15) is 0 Å². The van der Waals surface area contributed by atoms with Gasteiger partial charge in [0.15, 0.2) is 0 Å². The number of anilines is 2. The number of hydrogen-bond donors (Lipinski definition) is 2. The van der Waals surface area contributed by atoms with E-state index in [-0.39, 0.29) is 10.9 Å². The lowest BCUT2D eigenvalue weighted by molar-refractivity contribution is 0.102. The summed E-state index contributed by atoms with van der Waals surface area (Å²) in [6.07, 6.45) is 0. The van der Waals surface area contributed by atoms with Crippen molar-refractivity contribution in [1.29, 1.82) is 0 Å². The minimum absolute atomic E-state index is 0.240. The molecule has 0 unspecified atom stereocenters. The highest BCUT2D eigenvalue weighted by molar-refractivity contribution is 6.37. The van der Waals surface area contributed by atoms with Gasteiger partial charge in [0.1, 0.15) is 0 Å². The van der Waals surface area contributed by atoms with Crippen molar-refractivity contribution in [2.45, 2.75) is 6.92 Å². The Morgan fingerprint density at radius 1 is 1.21 bits per heavy atom. The number of aryl methyl sites for hydroxylation is 1. The fraction of sp³-hybridized carbons (Fsp3) is 0.0714. The number of nitrogens with one attached hydrogen (secondary N) is 1. The van der Waals surface area contributed by atoms with Gasteiger partial charge in [-0.15, -0.1) is 0 Å². The third-order valence-corrected chi connectivity index (χ3v) is 3.39. The van der Waals surface area contributed by atoms with E-state index in [0.29, 0.717) is 22.0 Å². The molecule has 0 atom stereocenters. The molecule has 0 aliphatic carbocycles. The molecule has 2 aromatic rings. The molecule has 2 aromatic carbocycles. The lowest BCUT2D eigenvalue weighted by Crippen LogP contribution is -2.13. The van der Waals surface area contributed by atoms with Gasteiger partial charge in [-0.3, -0.25) is 4.79 Å². The second-order valence-corrected chi connectivity index (χ2v) is 4.93. The molecular formula is C14H12Cl2N2O. The van der Waals surface area contributed by atoms with Crippen molar-refractivity contribution in [2.75, 3.05) is 11.1 Å². The molecule has 0 aromatic heterocycles. The molecule has 0 spiro atoms. The largest absolute Gasteiger partial charge is 0.398 e. The minimum atomic E-state index is -0.343. The van der Waals surface area contributed by atoms with Crippen LogP contribution in [0.25, 0.3) is 0 Å². The van der Waals surface area contributed by atoms with E-state index < -0.39 is 0 Å². The molecule has 5 heteroatoms. The van der Waals surface area contributed by atoms with Crippen LogP contribution in [-0.4, -0.2) is 5.91 Å². The summed E-state index contributed by atoms with van der Waals surface area (Å²) in [7, 11) is 0. The van der Waals surface area contributed by atoms with Gasteiger partial charge in [0, 0.05) is 0 Å². The van der Waals surface area contributed by atoms with Crippen LogP contribution in [0.1, 0.15) is 15.9 Å². The third-order valence-electron chi connectivity index (χ3n) is 2.64. The first-order valence-corrected chi connectivity index (χ1v) is 6.36. The van der Waals surface area contributed by atoms with Crippen LogP contribution in [0, 0.1) is 6.92 Å². The monoisotopic (exact) mass is 294 g/mol. The first kappa shape index (κ1) is 13.7. The fourth-order valence-electron chi connectivity index (χ4n) is 1.65. The summed E-state index contributed by atoms with van der Waals surface area (Å²) in [5.74, 6) is -0.343. The second-order valence-electron chi connectivity index (χ2n) is 4.15. The van der Waals surface area contributed by atoms with Crippen molar-refractivity contribution in [3.8, 4) is 0 Å². The Labute approximate surface area is 121 Å². The van der Waals surface area contributed by atoms with Crippen LogP contribution in [0.15, 0.2) is 36.4 Å². The molecule has 0 saturated carbocycles. The van der Waals surface area contributed by atoms with Crippen molar-refractivity contribution < 1.29 is 4.79 Å². The van der Waals surface area contributed by atoms with Crippen molar-refractivity contribution in [1.82, 2.24) is 0 Å². The molecule has 0 aliphatic heterocycles. The summed E-state index contributed by atoms with van der Waals surface area (Å²) >= 11 is 12.0. The van der Waals surface area contributed by atoms with Crippen LogP contribution in [0.3, 0.4) is 0 Å². The number of carbonyl (C=O) groups is 1. The van der Waals surface area contributed by atoms with E-state index in [1.165, 1.54) is 0 Å². The predicted molar refractivity (Wildman–Crippen MR) is 80.0 cm³/mol. The number of hydrogen-bond acceptors (Lipinski definition) is 2. The Morgan fingerprint density at radius 3 is 2.68 bits per heavy atom. The Morgan fingerprint density at radius 2 is 1.95 bits per heavy atom. The van der Waals surface area contributed by atoms with Gasteiger partial charge < -0.3 is 11.1 Å². The fourth-order valence-corrected chi connectivity index (χ4v) is 2.03. The topological polar surface area (TPSA) is 55.1 Å². The van der Waals surface area contributed by atoms with Crippen LogP contribution < -0.4 is 11.1 Å². The van der Waals surface area contributed by atoms with Gasteiger partial charge in [0.05, 0.1) is 27.0 Å². The predicted octanol–water partition coefficient (Wildman–Crippen LogP) is 4.14. The quantitative estimate of drug-likeness (QED) is 0.818. The van der Waals surface area contributed by atoms with Crippen molar-refractivity contribution in [2.24, 2.45) is 0 Å². The molecule has 98 valence electrons. The van der Waals surface area contributed by atoms with Crippen LogP contribution in [-0.2, 0) is 0 Å². The SMILES string of the molecule is Cc1ccc(Cl)c(NC(=O)c2cccc(N)c2Cl)c1. The van der Waals surface area contributed by atoms with Gasteiger partial charge in [0.2, 0.25) is 0 Å². The summed E-state index contributed by atoms with van der Waals surface area (Å²) < 4.78 is 0. The summed E-state index contributed by atoms with van der Waals surface area (Å²) in [6, 6.07) is 10.3. The average Bonchev–Trinajstić information content (AvgIpc) is 2.37. The lowest BCUT2D eigenvalue weighted by Gasteiger charge is -2.10. The smallest absolute Gasteiger partial charge is 0.257 e. The summed E-state index contributed by atoms with van der Waals surface area (Å²) in [6.45, 7) is 1.92. The number of nitrogen functional groups attached to an aromatic ring is 1. The van der Waals surface area contributed by atoms with Gasteiger partial charge in [-0.25, -0.2) is 0 Å². The molecule has 1 amide bonds. The standard InChI is InChI=1S/C14H12Cl2N2O/c1-8-5-6-10(15)12(7-8)18-14(19)9-3-2-4-11(17)13(9)16/h2-7H,17H2,1H3,(H,18,19). The molecular weight excluding hydrogens is 283 g/mol. The third kappa shape index (κ3) is 3.00. The van der Waals surface area contributed by atoms with E-state index in [1.807, 2.05) is 13.0 Å². The number of halogens is 2. The van der Waals surface area contributed by atoms with Crippen molar-refractivity contribution in [3.63, 3.8) is 0 Å². The Hall–Kier alpha value is -1.71. The lowest BCUT2D eigenvalue weighted by atomic mass is 10.1. The number of rotatable bonds is 2. The summed E-state index contributed by atoms with van der Waals surface area (Å²) in [5.41, 5.74) is 7.90. The molecule has 0 saturated heterocycles. The average molecular weight is 295 g/mol. The van der Waals surface area contributed by atoms with E-state index in [2.05, 4.69) is 5.32 Å². The Kier molecular flexibility index (Phi) is 3.98. The van der Waals surface area contributed by atoms with Gasteiger partial charge >= 0.3 is 0 Å². The normalized spacial score (nSPS) is 10.3. The molecule has 3 N–H and O–H groups in total. The zero-order valence-electron chi connectivity index (χ0n) is 10.2. The first-order valence-electron chi connectivity index (χ1n) is 5.60. The molecule has 0 radical (unpaired) electrons. The molecule has 0 heterocycles. The highest BCUT2D eigenvalue weighted by atomic mass is 35.5. The van der Waals surface area contributed by atoms with E-state index in [4.69, 9.17) is 28.9 Å². The molecule has 2 rings (SSSR count). The maximum Gasteiger partial charge on any atom is 0.257 e. The van der Waals surface area contributed by atoms with Gasteiger partial charge in [-0.05, 0) is 36.8 Å². The maximum absolute atomic E-state index is 12.1. The highest BCUT2D eigenvalue weighted by Crippen LogP contribution is 2.26. The van der Waals surface area contributed by atoms with Crippen LogP contribution >= 0.6 is 23.2 Å². The summed E-state index contributed by atoms with van der Waals surface area (Å²) in [4.78, 5) is 12.1. The summed E-state index contributed by atoms with van der Waals surface area (Å²) in [5, 5.41) is 3.44.